The van der Waals surface area contributed by atoms with Crippen molar-refractivity contribution in [3.63, 3.8) is 0 Å². The second-order valence-corrected chi connectivity index (χ2v) is 4.87. The molecule has 2 fully saturated rings. The van der Waals surface area contributed by atoms with E-state index >= 15 is 0 Å². The molecule has 0 aliphatic heterocycles. The fourth-order valence-corrected chi connectivity index (χ4v) is 2.67. The number of ether oxygens (including phenoxy) is 1. The first-order valence-corrected chi connectivity index (χ1v) is 6.25. The Bertz CT molecular complexity index is 178. The van der Waals surface area contributed by atoms with E-state index in [0.29, 0.717) is 6.42 Å². The van der Waals surface area contributed by atoms with Gasteiger partial charge >= 0.3 is 0 Å². The molecular formula is C12H21FO2. The molecular weight excluding hydrogens is 195 g/mol. The topological polar surface area (TPSA) is 29.5 Å². The first-order valence-electron chi connectivity index (χ1n) is 6.25. The van der Waals surface area contributed by atoms with Gasteiger partial charge in [-0.25, -0.2) is 4.39 Å². The number of rotatable bonds is 2. The second kappa shape index (κ2) is 5.26. The fraction of sp³-hybridized carbons (Fsp3) is 1.00. The maximum absolute atomic E-state index is 13.5. The minimum Gasteiger partial charge on any atom is -0.390 e. The lowest BCUT2D eigenvalue weighted by atomic mass is 9.92. The Morgan fingerprint density at radius 3 is 2.13 bits per heavy atom. The van der Waals surface area contributed by atoms with Crippen LogP contribution in [0.15, 0.2) is 0 Å². The monoisotopic (exact) mass is 216 g/mol. The van der Waals surface area contributed by atoms with E-state index in [2.05, 4.69) is 0 Å². The van der Waals surface area contributed by atoms with Crippen LogP contribution in [-0.2, 0) is 4.74 Å². The van der Waals surface area contributed by atoms with Crippen molar-refractivity contribution in [1.82, 2.24) is 0 Å². The molecule has 0 unspecified atom stereocenters. The van der Waals surface area contributed by atoms with Crippen LogP contribution in [0.2, 0.25) is 0 Å². The van der Waals surface area contributed by atoms with Crippen molar-refractivity contribution in [2.24, 2.45) is 0 Å². The zero-order valence-corrected chi connectivity index (χ0v) is 9.20. The Morgan fingerprint density at radius 1 is 0.867 bits per heavy atom. The standard InChI is InChI=1S/C12H21FO2/c13-9-5-1-3-7-11(9)15-12-8-4-2-6-10(12)14/h9-12,14H,1-8H2/t9-,10-,11-,12+/m1/s1. The van der Waals surface area contributed by atoms with Crippen molar-refractivity contribution >= 4 is 0 Å². The molecule has 3 heteroatoms. The summed E-state index contributed by atoms with van der Waals surface area (Å²) < 4.78 is 19.3. The van der Waals surface area contributed by atoms with Crippen LogP contribution in [0.4, 0.5) is 4.39 Å². The number of halogens is 1. The summed E-state index contributed by atoms with van der Waals surface area (Å²) in [5.74, 6) is 0. The van der Waals surface area contributed by atoms with Gasteiger partial charge in [0.05, 0.1) is 18.3 Å². The predicted molar refractivity (Wildman–Crippen MR) is 56.5 cm³/mol. The fourth-order valence-electron chi connectivity index (χ4n) is 2.67. The molecule has 2 aliphatic carbocycles. The molecule has 4 atom stereocenters. The van der Waals surface area contributed by atoms with Crippen molar-refractivity contribution in [2.45, 2.75) is 75.9 Å². The largest absolute Gasteiger partial charge is 0.390 e. The van der Waals surface area contributed by atoms with Gasteiger partial charge < -0.3 is 9.84 Å². The molecule has 2 rings (SSSR count). The van der Waals surface area contributed by atoms with Gasteiger partial charge in [0, 0.05) is 0 Å². The third kappa shape index (κ3) is 2.91. The van der Waals surface area contributed by atoms with Crippen molar-refractivity contribution in [3.8, 4) is 0 Å². The molecule has 0 aromatic carbocycles. The average molecular weight is 216 g/mol. The minimum atomic E-state index is -0.812. The SMILES string of the molecule is O[C@@H]1CCCC[C@@H]1O[C@@H]1CCCC[C@H]1F. The summed E-state index contributed by atoms with van der Waals surface area (Å²) in [5, 5.41) is 9.74. The lowest BCUT2D eigenvalue weighted by Crippen LogP contribution is -2.40. The first-order chi connectivity index (χ1) is 7.27. The normalized spacial score (nSPS) is 42.8. The molecule has 0 radical (unpaired) electrons. The highest BCUT2D eigenvalue weighted by molar-refractivity contribution is 4.81. The number of aliphatic hydroxyl groups is 1. The van der Waals surface area contributed by atoms with Crippen molar-refractivity contribution in [2.75, 3.05) is 0 Å². The van der Waals surface area contributed by atoms with E-state index in [1.807, 2.05) is 0 Å². The predicted octanol–water partition coefficient (Wildman–Crippen LogP) is 2.59. The van der Waals surface area contributed by atoms with Gasteiger partial charge in [-0.15, -0.1) is 0 Å². The number of hydrogen-bond donors (Lipinski definition) is 1. The summed E-state index contributed by atoms with van der Waals surface area (Å²) in [5.41, 5.74) is 0. The van der Waals surface area contributed by atoms with Crippen LogP contribution < -0.4 is 0 Å². The molecule has 0 heterocycles. The van der Waals surface area contributed by atoms with E-state index < -0.39 is 6.17 Å². The van der Waals surface area contributed by atoms with Gasteiger partial charge in [-0.2, -0.15) is 0 Å². The third-order valence-corrected chi connectivity index (χ3v) is 3.64. The van der Waals surface area contributed by atoms with Gasteiger partial charge in [0.1, 0.15) is 6.17 Å². The van der Waals surface area contributed by atoms with Gasteiger partial charge in [0.2, 0.25) is 0 Å². The maximum Gasteiger partial charge on any atom is 0.126 e. The Kier molecular flexibility index (Phi) is 3.98. The van der Waals surface area contributed by atoms with Gasteiger partial charge in [-0.3, -0.25) is 0 Å². The lowest BCUT2D eigenvalue weighted by molar-refractivity contribution is -0.124. The van der Waals surface area contributed by atoms with Gasteiger partial charge in [0.25, 0.3) is 0 Å². The number of hydrogen-bond acceptors (Lipinski definition) is 2. The van der Waals surface area contributed by atoms with Crippen LogP contribution in [-0.4, -0.2) is 29.6 Å². The molecule has 15 heavy (non-hydrogen) atoms. The number of aliphatic hydroxyl groups excluding tert-OH is 1. The van der Waals surface area contributed by atoms with E-state index in [1.54, 1.807) is 0 Å². The van der Waals surface area contributed by atoms with Crippen LogP contribution in [0, 0.1) is 0 Å². The van der Waals surface area contributed by atoms with E-state index in [1.165, 1.54) is 0 Å². The first kappa shape index (κ1) is 11.3. The van der Waals surface area contributed by atoms with E-state index in [-0.39, 0.29) is 18.3 Å². The van der Waals surface area contributed by atoms with Crippen LogP contribution in [0.3, 0.4) is 0 Å². The molecule has 0 aromatic rings. The molecule has 0 spiro atoms. The highest BCUT2D eigenvalue weighted by Gasteiger charge is 2.31. The van der Waals surface area contributed by atoms with Crippen LogP contribution in [0.25, 0.3) is 0 Å². The molecule has 2 nitrogen and oxygen atoms in total. The quantitative estimate of drug-likeness (QED) is 0.768. The van der Waals surface area contributed by atoms with Gasteiger partial charge in [0.15, 0.2) is 0 Å². The van der Waals surface area contributed by atoms with Crippen LogP contribution >= 0.6 is 0 Å². The van der Waals surface area contributed by atoms with E-state index in [9.17, 15) is 9.50 Å². The molecule has 1 N–H and O–H groups in total. The Labute approximate surface area is 90.8 Å². The van der Waals surface area contributed by atoms with Crippen molar-refractivity contribution < 1.29 is 14.2 Å². The minimum absolute atomic E-state index is 0.111. The Balaban J connectivity index is 1.83. The molecule has 0 saturated heterocycles. The maximum atomic E-state index is 13.5. The summed E-state index contributed by atoms with van der Waals surface area (Å²) in [6.07, 6.45) is 5.84. The van der Waals surface area contributed by atoms with E-state index in [0.717, 1.165) is 44.9 Å². The molecule has 0 aromatic heterocycles. The van der Waals surface area contributed by atoms with Crippen LogP contribution in [0.1, 0.15) is 51.4 Å². The molecule has 88 valence electrons. The van der Waals surface area contributed by atoms with Gasteiger partial charge in [-0.1, -0.05) is 25.7 Å². The molecule has 2 aliphatic rings. The highest BCUT2D eigenvalue weighted by Crippen LogP contribution is 2.29. The summed E-state index contributed by atoms with van der Waals surface area (Å²) in [7, 11) is 0. The Morgan fingerprint density at radius 2 is 1.47 bits per heavy atom. The number of alkyl halides is 1. The summed E-state index contributed by atoms with van der Waals surface area (Å²) in [4.78, 5) is 0. The van der Waals surface area contributed by atoms with E-state index in [4.69, 9.17) is 4.74 Å². The highest BCUT2D eigenvalue weighted by atomic mass is 19.1. The van der Waals surface area contributed by atoms with Gasteiger partial charge in [-0.05, 0) is 25.7 Å². The van der Waals surface area contributed by atoms with Crippen molar-refractivity contribution in [1.29, 1.82) is 0 Å². The zero-order valence-electron chi connectivity index (χ0n) is 9.20. The average Bonchev–Trinajstić information content (AvgIpc) is 2.24. The van der Waals surface area contributed by atoms with Crippen molar-refractivity contribution in [3.05, 3.63) is 0 Å². The third-order valence-electron chi connectivity index (χ3n) is 3.64. The molecule has 0 bridgehead atoms. The Hall–Kier alpha value is -0.150. The second-order valence-electron chi connectivity index (χ2n) is 4.87. The molecule has 2 saturated carbocycles. The van der Waals surface area contributed by atoms with Crippen LogP contribution in [0.5, 0.6) is 0 Å². The zero-order chi connectivity index (χ0) is 10.7. The molecule has 0 amide bonds. The summed E-state index contributed by atoms with van der Waals surface area (Å²) in [6, 6.07) is 0. The summed E-state index contributed by atoms with van der Waals surface area (Å²) in [6.45, 7) is 0. The lowest BCUT2D eigenvalue weighted by Gasteiger charge is -2.34. The smallest absolute Gasteiger partial charge is 0.126 e. The summed E-state index contributed by atoms with van der Waals surface area (Å²) >= 11 is 0.